The van der Waals surface area contributed by atoms with Gasteiger partial charge < -0.3 is 14.5 Å². The monoisotopic (exact) mass is 372 g/mol. The average Bonchev–Trinajstić information content (AvgIpc) is 2.68. The largest absolute Gasteiger partial charge is 0.427 e. The fraction of sp³-hybridized carbons (Fsp3) is 0.571. The Morgan fingerprint density at radius 3 is 2.33 bits per heavy atom. The van der Waals surface area contributed by atoms with Gasteiger partial charge in [0.25, 0.3) is 5.91 Å². The molecule has 1 aliphatic heterocycles. The van der Waals surface area contributed by atoms with Crippen molar-refractivity contribution in [1.82, 2.24) is 9.80 Å². The minimum absolute atomic E-state index is 0.0941. The first-order chi connectivity index (χ1) is 13.0. The minimum atomic E-state index is -0.412. The molecule has 0 bridgehead atoms. The van der Waals surface area contributed by atoms with Crippen LogP contribution >= 0.6 is 0 Å². The molecule has 0 N–H and O–H groups in total. The van der Waals surface area contributed by atoms with Crippen molar-refractivity contribution >= 4 is 17.8 Å². The molecule has 0 unspecified atom stereocenters. The topological polar surface area (TPSA) is 66.9 Å². The molecule has 1 aromatic carbocycles. The van der Waals surface area contributed by atoms with Crippen LogP contribution in [0.15, 0.2) is 24.3 Å². The van der Waals surface area contributed by atoms with Crippen LogP contribution in [0, 0.1) is 5.92 Å². The number of carbonyl (C=O) groups is 3. The van der Waals surface area contributed by atoms with E-state index in [0.29, 0.717) is 49.8 Å². The summed E-state index contributed by atoms with van der Waals surface area (Å²) in [6.07, 6.45) is 6.77. The van der Waals surface area contributed by atoms with Crippen LogP contribution < -0.4 is 4.74 Å². The van der Waals surface area contributed by atoms with Crippen LogP contribution in [0.5, 0.6) is 5.75 Å². The van der Waals surface area contributed by atoms with Crippen molar-refractivity contribution in [3.63, 3.8) is 0 Å². The molecule has 0 atom stereocenters. The highest BCUT2D eigenvalue weighted by Gasteiger charge is 2.27. The van der Waals surface area contributed by atoms with Crippen molar-refractivity contribution in [3.05, 3.63) is 29.8 Å². The van der Waals surface area contributed by atoms with Gasteiger partial charge in [-0.05, 0) is 37.0 Å². The van der Waals surface area contributed by atoms with Crippen LogP contribution in [0.2, 0.25) is 0 Å². The lowest BCUT2D eigenvalue weighted by Gasteiger charge is -2.35. The molecule has 6 heteroatoms. The van der Waals surface area contributed by atoms with Crippen molar-refractivity contribution < 1.29 is 19.1 Å². The number of nitrogens with zero attached hydrogens (tertiary/aromatic N) is 2. The molecule has 3 rings (SSSR count). The highest BCUT2D eigenvalue weighted by Crippen LogP contribution is 2.27. The molecule has 1 saturated carbocycles. The van der Waals surface area contributed by atoms with Gasteiger partial charge >= 0.3 is 5.97 Å². The molecule has 146 valence electrons. The first kappa shape index (κ1) is 19.4. The van der Waals surface area contributed by atoms with E-state index in [-0.39, 0.29) is 11.8 Å². The van der Waals surface area contributed by atoms with Gasteiger partial charge in [-0.25, -0.2) is 0 Å². The van der Waals surface area contributed by atoms with Gasteiger partial charge in [0, 0.05) is 45.1 Å². The Kier molecular flexibility index (Phi) is 6.48. The number of esters is 1. The lowest BCUT2D eigenvalue weighted by atomic mass is 9.86. The van der Waals surface area contributed by atoms with Crippen LogP contribution in [0.25, 0.3) is 0 Å². The molecule has 27 heavy (non-hydrogen) atoms. The van der Waals surface area contributed by atoms with Crippen molar-refractivity contribution in [3.8, 4) is 5.75 Å². The maximum Gasteiger partial charge on any atom is 0.308 e. The molecule has 2 amide bonds. The molecule has 1 heterocycles. The number of hydrogen-bond donors (Lipinski definition) is 0. The summed E-state index contributed by atoms with van der Waals surface area (Å²) < 4.78 is 5.05. The molecular formula is C21H28N2O4. The second-order valence-electron chi connectivity index (χ2n) is 7.50. The Morgan fingerprint density at radius 2 is 1.67 bits per heavy atom. The summed E-state index contributed by atoms with van der Waals surface area (Å²) in [6.45, 7) is 3.57. The third-order valence-electron chi connectivity index (χ3n) is 5.45. The first-order valence-electron chi connectivity index (χ1n) is 9.88. The number of hydrogen-bond acceptors (Lipinski definition) is 4. The van der Waals surface area contributed by atoms with Crippen molar-refractivity contribution in [2.75, 3.05) is 26.2 Å². The number of piperazine rings is 1. The zero-order chi connectivity index (χ0) is 19.2. The second-order valence-corrected chi connectivity index (χ2v) is 7.50. The van der Waals surface area contributed by atoms with E-state index in [2.05, 4.69) is 0 Å². The molecule has 0 spiro atoms. The summed E-state index contributed by atoms with van der Waals surface area (Å²) in [4.78, 5) is 40.0. The Morgan fingerprint density at radius 1 is 1.00 bits per heavy atom. The van der Waals surface area contributed by atoms with E-state index < -0.39 is 5.97 Å². The Hall–Kier alpha value is -2.37. The van der Waals surface area contributed by atoms with E-state index in [4.69, 9.17) is 4.74 Å². The zero-order valence-corrected chi connectivity index (χ0v) is 16.0. The fourth-order valence-corrected chi connectivity index (χ4v) is 3.97. The molecule has 2 fully saturated rings. The van der Waals surface area contributed by atoms with E-state index in [1.165, 1.54) is 39.0 Å². The number of amides is 2. The fourth-order valence-electron chi connectivity index (χ4n) is 3.97. The van der Waals surface area contributed by atoms with Gasteiger partial charge in [-0.1, -0.05) is 25.3 Å². The molecule has 2 aliphatic rings. The Labute approximate surface area is 160 Å². The van der Waals surface area contributed by atoms with E-state index in [0.717, 1.165) is 0 Å². The first-order valence-corrected chi connectivity index (χ1v) is 9.88. The van der Waals surface area contributed by atoms with Gasteiger partial charge in [-0.3, -0.25) is 14.4 Å². The predicted octanol–water partition coefficient (Wildman–Crippen LogP) is 2.87. The molecule has 1 aromatic rings. The van der Waals surface area contributed by atoms with Gasteiger partial charge in [-0.15, -0.1) is 0 Å². The lowest BCUT2D eigenvalue weighted by molar-refractivity contribution is -0.134. The molecule has 1 saturated heterocycles. The normalized spacial score (nSPS) is 18.3. The van der Waals surface area contributed by atoms with Crippen LogP contribution in [-0.4, -0.2) is 53.8 Å². The standard InChI is InChI=1S/C21H28N2O4/c1-16(24)27-19-9-5-8-18(15-19)21(26)23-12-10-22(11-13-23)20(25)14-17-6-3-2-4-7-17/h5,8-9,15,17H,2-4,6-7,10-14H2,1H3. The van der Waals surface area contributed by atoms with E-state index in [9.17, 15) is 14.4 Å². The summed E-state index contributed by atoms with van der Waals surface area (Å²) in [7, 11) is 0. The third-order valence-corrected chi connectivity index (χ3v) is 5.45. The quantitative estimate of drug-likeness (QED) is 0.602. The van der Waals surface area contributed by atoms with Crippen LogP contribution in [0.3, 0.4) is 0 Å². The van der Waals surface area contributed by atoms with E-state index >= 15 is 0 Å². The molecule has 1 aliphatic carbocycles. The van der Waals surface area contributed by atoms with Crippen LogP contribution in [-0.2, 0) is 9.59 Å². The SMILES string of the molecule is CC(=O)Oc1cccc(C(=O)N2CCN(C(=O)CC3CCCCC3)CC2)c1. The number of ether oxygens (including phenoxy) is 1. The summed E-state index contributed by atoms with van der Waals surface area (Å²) in [5, 5.41) is 0. The second kappa shape index (κ2) is 9.02. The highest BCUT2D eigenvalue weighted by molar-refractivity contribution is 5.95. The zero-order valence-electron chi connectivity index (χ0n) is 16.0. The van der Waals surface area contributed by atoms with Gasteiger partial charge in [-0.2, -0.15) is 0 Å². The van der Waals surface area contributed by atoms with Crippen LogP contribution in [0.4, 0.5) is 0 Å². The predicted molar refractivity (Wildman–Crippen MR) is 101 cm³/mol. The van der Waals surface area contributed by atoms with E-state index in [1.54, 1.807) is 29.2 Å². The van der Waals surface area contributed by atoms with Crippen LogP contribution in [0.1, 0.15) is 55.8 Å². The van der Waals surface area contributed by atoms with Crippen molar-refractivity contribution in [2.45, 2.75) is 45.4 Å². The van der Waals surface area contributed by atoms with Gasteiger partial charge in [0.05, 0.1) is 0 Å². The highest BCUT2D eigenvalue weighted by atomic mass is 16.5. The van der Waals surface area contributed by atoms with Gasteiger partial charge in [0.2, 0.25) is 5.91 Å². The lowest BCUT2D eigenvalue weighted by Crippen LogP contribution is -2.50. The average molecular weight is 372 g/mol. The molecular weight excluding hydrogens is 344 g/mol. The van der Waals surface area contributed by atoms with Gasteiger partial charge in [0.1, 0.15) is 5.75 Å². The number of rotatable bonds is 4. The third kappa shape index (κ3) is 5.31. The smallest absolute Gasteiger partial charge is 0.308 e. The minimum Gasteiger partial charge on any atom is -0.427 e. The number of benzene rings is 1. The van der Waals surface area contributed by atoms with Gasteiger partial charge in [0.15, 0.2) is 0 Å². The summed E-state index contributed by atoms with van der Waals surface area (Å²) in [5.74, 6) is 0.628. The summed E-state index contributed by atoms with van der Waals surface area (Å²) in [6, 6.07) is 6.66. The molecule has 6 nitrogen and oxygen atoms in total. The number of carbonyl (C=O) groups excluding carboxylic acids is 3. The summed E-state index contributed by atoms with van der Waals surface area (Å²) >= 11 is 0. The Bertz CT molecular complexity index is 689. The van der Waals surface area contributed by atoms with Crippen molar-refractivity contribution in [1.29, 1.82) is 0 Å². The Balaban J connectivity index is 1.51. The van der Waals surface area contributed by atoms with E-state index in [1.807, 2.05) is 4.90 Å². The molecule has 0 radical (unpaired) electrons. The van der Waals surface area contributed by atoms with Crippen molar-refractivity contribution in [2.24, 2.45) is 5.92 Å². The molecule has 0 aromatic heterocycles. The maximum atomic E-state index is 12.7. The summed E-state index contributed by atoms with van der Waals surface area (Å²) in [5.41, 5.74) is 0.496. The maximum absolute atomic E-state index is 12.7.